The average Bonchev–Trinajstić information content (AvgIpc) is 2.29. The molecule has 1 aromatic rings. The fourth-order valence-electron chi connectivity index (χ4n) is 0.997. The predicted molar refractivity (Wildman–Crippen MR) is 64.9 cm³/mol. The molecule has 0 saturated carbocycles. The van der Waals surface area contributed by atoms with Gasteiger partial charge in [-0.3, -0.25) is 0 Å². The molecule has 0 fully saturated rings. The van der Waals surface area contributed by atoms with Gasteiger partial charge in [0, 0.05) is 17.5 Å². The predicted octanol–water partition coefficient (Wildman–Crippen LogP) is 2.92. The first-order chi connectivity index (χ1) is 7.72. The third-order valence-electron chi connectivity index (χ3n) is 1.77. The molecule has 0 radical (unpaired) electrons. The summed E-state index contributed by atoms with van der Waals surface area (Å²) < 4.78 is 4.83. The zero-order chi connectivity index (χ0) is 11.8. The molecule has 0 aromatic heterocycles. The van der Waals surface area contributed by atoms with Gasteiger partial charge in [-0.15, -0.1) is 12.3 Å². The minimum Gasteiger partial charge on any atom is -0.462 e. The summed E-state index contributed by atoms with van der Waals surface area (Å²) >= 11 is 5.72. The van der Waals surface area contributed by atoms with Crippen molar-refractivity contribution in [1.29, 1.82) is 0 Å². The van der Waals surface area contributed by atoms with Gasteiger partial charge < -0.3 is 4.74 Å². The van der Waals surface area contributed by atoms with E-state index in [0.717, 1.165) is 5.56 Å². The van der Waals surface area contributed by atoms with Gasteiger partial charge in [0.25, 0.3) is 0 Å². The number of terminal acetylenes is 1. The van der Waals surface area contributed by atoms with Crippen LogP contribution in [0.15, 0.2) is 30.3 Å². The molecule has 0 aliphatic heterocycles. The number of carbonyl (C=O) groups is 1. The van der Waals surface area contributed by atoms with E-state index in [9.17, 15) is 4.79 Å². The van der Waals surface area contributed by atoms with Gasteiger partial charge >= 0.3 is 5.97 Å². The molecule has 1 aromatic carbocycles. The molecule has 2 nitrogen and oxygen atoms in total. The standard InChI is InChI=1S/C13H11ClO2/c1-2-3-10-16-13(15)9-6-11-4-7-12(14)8-5-11/h1,4-9H,3,10H2/b9-6+. The van der Waals surface area contributed by atoms with Crippen LogP contribution in [0, 0.1) is 12.3 Å². The summed E-state index contributed by atoms with van der Waals surface area (Å²) in [5.74, 6) is 1.99. The second-order valence-corrected chi connectivity index (χ2v) is 3.44. The zero-order valence-corrected chi connectivity index (χ0v) is 9.41. The third-order valence-corrected chi connectivity index (χ3v) is 2.02. The van der Waals surface area contributed by atoms with Crippen LogP contribution in [0.4, 0.5) is 0 Å². The maximum Gasteiger partial charge on any atom is 0.330 e. The second-order valence-electron chi connectivity index (χ2n) is 3.01. The minimum absolute atomic E-state index is 0.250. The zero-order valence-electron chi connectivity index (χ0n) is 8.65. The Morgan fingerprint density at radius 1 is 1.44 bits per heavy atom. The molecule has 0 heterocycles. The van der Waals surface area contributed by atoms with E-state index in [1.54, 1.807) is 18.2 Å². The average molecular weight is 235 g/mol. The number of benzene rings is 1. The Bertz CT molecular complexity index is 413. The van der Waals surface area contributed by atoms with E-state index in [1.807, 2.05) is 12.1 Å². The molecule has 0 amide bonds. The van der Waals surface area contributed by atoms with E-state index < -0.39 is 5.97 Å². The summed E-state index contributed by atoms with van der Waals surface area (Å²) in [6.07, 6.45) is 8.48. The van der Waals surface area contributed by atoms with Crippen LogP contribution in [0.2, 0.25) is 5.02 Å². The van der Waals surface area contributed by atoms with Crippen LogP contribution >= 0.6 is 11.6 Å². The van der Waals surface area contributed by atoms with Crippen LogP contribution in [-0.2, 0) is 9.53 Å². The number of carbonyl (C=O) groups excluding carboxylic acids is 1. The maximum atomic E-state index is 11.2. The molecule has 0 aliphatic rings. The highest BCUT2D eigenvalue weighted by molar-refractivity contribution is 6.30. The molecule has 82 valence electrons. The van der Waals surface area contributed by atoms with Gasteiger partial charge in [0.05, 0.1) is 0 Å². The van der Waals surface area contributed by atoms with Crippen LogP contribution in [0.5, 0.6) is 0 Å². The van der Waals surface area contributed by atoms with Crippen molar-refractivity contribution in [2.75, 3.05) is 6.61 Å². The highest BCUT2D eigenvalue weighted by Gasteiger charge is 1.95. The molecule has 16 heavy (non-hydrogen) atoms. The normalized spacial score (nSPS) is 10.0. The van der Waals surface area contributed by atoms with Gasteiger partial charge in [0.1, 0.15) is 6.61 Å². The lowest BCUT2D eigenvalue weighted by Crippen LogP contribution is -2.01. The number of ether oxygens (including phenoxy) is 1. The summed E-state index contributed by atoms with van der Waals surface area (Å²) in [6.45, 7) is 0.250. The Morgan fingerprint density at radius 3 is 2.75 bits per heavy atom. The van der Waals surface area contributed by atoms with Crippen LogP contribution in [-0.4, -0.2) is 12.6 Å². The maximum absolute atomic E-state index is 11.2. The van der Waals surface area contributed by atoms with Crippen LogP contribution in [0.1, 0.15) is 12.0 Å². The topological polar surface area (TPSA) is 26.3 Å². The Labute approximate surface area is 99.9 Å². The lowest BCUT2D eigenvalue weighted by atomic mass is 10.2. The molecule has 1 rings (SSSR count). The Kier molecular flexibility index (Phi) is 5.18. The molecule has 0 atom stereocenters. The summed E-state index contributed by atoms with van der Waals surface area (Å²) in [5, 5.41) is 0.661. The summed E-state index contributed by atoms with van der Waals surface area (Å²) in [6, 6.07) is 7.14. The van der Waals surface area contributed by atoms with Crippen LogP contribution < -0.4 is 0 Å². The van der Waals surface area contributed by atoms with E-state index in [0.29, 0.717) is 11.4 Å². The third kappa shape index (κ3) is 4.68. The fraction of sp³-hybridized carbons (Fsp3) is 0.154. The number of rotatable bonds is 4. The summed E-state index contributed by atoms with van der Waals surface area (Å²) in [5.41, 5.74) is 0.887. The van der Waals surface area contributed by atoms with Gasteiger partial charge in [-0.1, -0.05) is 23.7 Å². The van der Waals surface area contributed by atoms with E-state index >= 15 is 0 Å². The van der Waals surface area contributed by atoms with Crippen molar-refractivity contribution in [2.24, 2.45) is 0 Å². The fourth-order valence-corrected chi connectivity index (χ4v) is 1.12. The van der Waals surface area contributed by atoms with Crippen LogP contribution in [0.3, 0.4) is 0 Å². The SMILES string of the molecule is C#CCCOC(=O)/C=C/c1ccc(Cl)cc1. The monoisotopic (exact) mass is 234 g/mol. The minimum atomic E-state index is -0.398. The highest BCUT2D eigenvalue weighted by Crippen LogP contribution is 2.10. The van der Waals surface area contributed by atoms with Crippen molar-refractivity contribution in [3.8, 4) is 12.3 Å². The largest absolute Gasteiger partial charge is 0.462 e. The van der Waals surface area contributed by atoms with Gasteiger partial charge in [0.2, 0.25) is 0 Å². The van der Waals surface area contributed by atoms with Gasteiger partial charge in [0.15, 0.2) is 0 Å². The molecule has 0 N–H and O–H groups in total. The van der Waals surface area contributed by atoms with Crippen molar-refractivity contribution < 1.29 is 9.53 Å². The van der Waals surface area contributed by atoms with Crippen molar-refractivity contribution in [1.82, 2.24) is 0 Å². The van der Waals surface area contributed by atoms with Crippen molar-refractivity contribution >= 4 is 23.6 Å². The molecule has 0 spiro atoms. The van der Waals surface area contributed by atoms with Gasteiger partial charge in [-0.25, -0.2) is 4.79 Å². The Balaban J connectivity index is 2.44. The Hall–Kier alpha value is -1.72. The molecule has 0 aliphatic carbocycles. The lowest BCUT2D eigenvalue weighted by molar-refractivity contribution is -0.137. The first-order valence-electron chi connectivity index (χ1n) is 4.76. The molecule has 0 saturated heterocycles. The molecule has 3 heteroatoms. The second kappa shape index (κ2) is 6.71. The van der Waals surface area contributed by atoms with E-state index in [4.69, 9.17) is 22.8 Å². The molecule has 0 bridgehead atoms. The van der Waals surface area contributed by atoms with Crippen molar-refractivity contribution in [3.63, 3.8) is 0 Å². The van der Waals surface area contributed by atoms with E-state index in [1.165, 1.54) is 6.08 Å². The number of esters is 1. The molecule has 0 unspecified atom stereocenters. The molecular weight excluding hydrogens is 224 g/mol. The first kappa shape index (κ1) is 12.4. The smallest absolute Gasteiger partial charge is 0.330 e. The van der Waals surface area contributed by atoms with Gasteiger partial charge in [-0.05, 0) is 23.8 Å². The van der Waals surface area contributed by atoms with Crippen molar-refractivity contribution in [2.45, 2.75) is 6.42 Å². The lowest BCUT2D eigenvalue weighted by Gasteiger charge is -1.97. The number of hydrogen-bond acceptors (Lipinski definition) is 2. The van der Waals surface area contributed by atoms with E-state index in [2.05, 4.69) is 5.92 Å². The quantitative estimate of drug-likeness (QED) is 0.347. The van der Waals surface area contributed by atoms with E-state index in [-0.39, 0.29) is 6.61 Å². The molecular formula is C13H11ClO2. The van der Waals surface area contributed by atoms with Gasteiger partial charge in [-0.2, -0.15) is 0 Å². The summed E-state index contributed by atoms with van der Waals surface area (Å²) in [4.78, 5) is 11.2. The number of halogens is 1. The summed E-state index contributed by atoms with van der Waals surface area (Å²) in [7, 11) is 0. The Morgan fingerprint density at radius 2 is 2.12 bits per heavy atom. The van der Waals surface area contributed by atoms with Crippen LogP contribution in [0.25, 0.3) is 6.08 Å². The highest BCUT2D eigenvalue weighted by atomic mass is 35.5. The first-order valence-corrected chi connectivity index (χ1v) is 5.14. The number of hydrogen-bond donors (Lipinski definition) is 0. The van der Waals surface area contributed by atoms with Crippen molar-refractivity contribution in [3.05, 3.63) is 40.9 Å².